The summed E-state index contributed by atoms with van der Waals surface area (Å²) in [4.78, 5) is 12.5. The van der Waals surface area contributed by atoms with Crippen molar-refractivity contribution >= 4 is 23.1 Å². The van der Waals surface area contributed by atoms with E-state index in [9.17, 15) is 4.79 Å². The van der Waals surface area contributed by atoms with Crippen LogP contribution in [0.1, 0.15) is 25.8 Å². The predicted octanol–water partition coefficient (Wildman–Crippen LogP) is 5.96. The van der Waals surface area contributed by atoms with Crippen LogP contribution in [0.5, 0.6) is 0 Å². The van der Waals surface area contributed by atoms with Gasteiger partial charge in [0, 0.05) is 5.56 Å². The monoisotopic (exact) mass is 408 g/mol. The second-order valence-corrected chi connectivity index (χ2v) is 8.35. The van der Waals surface area contributed by atoms with Crippen LogP contribution in [0.4, 0.5) is 10.5 Å². The first-order valence-electron chi connectivity index (χ1n) is 9.90. The molecule has 0 bridgehead atoms. The summed E-state index contributed by atoms with van der Waals surface area (Å²) in [5.74, 6) is 0. The smallest absolute Gasteiger partial charge is 0.412 e. The number of rotatable bonds is 9. The molecule has 0 saturated heterocycles. The van der Waals surface area contributed by atoms with Crippen molar-refractivity contribution in [1.29, 1.82) is 0 Å². The zero-order valence-corrected chi connectivity index (χ0v) is 17.8. The molecule has 4 nitrogen and oxygen atoms in total. The van der Waals surface area contributed by atoms with E-state index < -0.39 is 11.7 Å². The molecule has 29 heavy (non-hydrogen) atoms. The van der Waals surface area contributed by atoms with Crippen molar-refractivity contribution in [3.05, 3.63) is 77.0 Å². The van der Waals surface area contributed by atoms with E-state index in [1.54, 1.807) is 11.3 Å². The Kier molecular flexibility index (Phi) is 7.44. The van der Waals surface area contributed by atoms with Gasteiger partial charge >= 0.3 is 6.09 Å². The highest BCUT2D eigenvalue weighted by atomic mass is 32.1. The number of para-hydroxylation sites is 1. The van der Waals surface area contributed by atoms with Gasteiger partial charge in [0.05, 0.1) is 5.69 Å². The Morgan fingerprint density at radius 2 is 1.76 bits per heavy atom. The van der Waals surface area contributed by atoms with E-state index >= 15 is 0 Å². The van der Waals surface area contributed by atoms with Crippen molar-refractivity contribution in [2.75, 3.05) is 18.4 Å². The van der Waals surface area contributed by atoms with Crippen molar-refractivity contribution in [2.24, 2.45) is 0 Å². The molecule has 0 radical (unpaired) electrons. The summed E-state index contributed by atoms with van der Waals surface area (Å²) in [7, 11) is 0. The van der Waals surface area contributed by atoms with Gasteiger partial charge in [-0.2, -0.15) is 11.3 Å². The molecule has 1 amide bonds. The average molecular weight is 409 g/mol. The lowest BCUT2D eigenvalue weighted by molar-refractivity contribution is 0.0427. The summed E-state index contributed by atoms with van der Waals surface area (Å²) in [6, 6.07) is 20.2. The molecule has 152 valence electrons. The van der Waals surface area contributed by atoms with Crippen LogP contribution in [0.2, 0.25) is 0 Å². The molecule has 0 atom stereocenters. The number of benzene rings is 2. The molecule has 0 unspecified atom stereocenters. The Bertz CT molecular complexity index is 892. The van der Waals surface area contributed by atoms with Gasteiger partial charge in [-0.3, -0.25) is 5.32 Å². The van der Waals surface area contributed by atoms with Crippen LogP contribution in [0, 0.1) is 0 Å². The molecule has 0 saturated carbocycles. The quantitative estimate of drug-likeness (QED) is 0.429. The number of anilines is 1. The maximum Gasteiger partial charge on any atom is 0.412 e. The van der Waals surface area contributed by atoms with Gasteiger partial charge in [0.1, 0.15) is 5.60 Å². The number of nitrogens with one attached hydrogen (secondary N) is 2. The standard InChI is InChI=1S/C24H28N2O2S/c1-24(2,14-16-25-15-12-19-8-4-3-5-9-19)28-23(27)26-22-11-7-6-10-21(22)20-13-17-29-18-20/h3-11,13,17-18,25H,12,14-16H2,1-2H3,(H,26,27). The Labute approximate surface area is 176 Å². The highest BCUT2D eigenvalue weighted by Gasteiger charge is 2.23. The van der Waals surface area contributed by atoms with Gasteiger partial charge in [-0.05, 0) is 73.8 Å². The van der Waals surface area contributed by atoms with Crippen LogP contribution in [-0.2, 0) is 11.2 Å². The molecule has 0 fully saturated rings. The van der Waals surface area contributed by atoms with E-state index in [-0.39, 0.29) is 0 Å². The number of ether oxygens (including phenoxy) is 1. The highest BCUT2D eigenvalue weighted by Crippen LogP contribution is 2.29. The average Bonchev–Trinajstić information content (AvgIpc) is 3.23. The second kappa shape index (κ2) is 10.2. The number of carbonyl (C=O) groups excluding carboxylic acids is 1. The topological polar surface area (TPSA) is 50.4 Å². The van der Waals surface area contributed by atoms with Crippen molar-refractivity contribution in [2.45, 2.75) is 32.3 Å². The molecule has 0 aliphatic heterocycles. The van der Waals surface area contributed by atoms with Crippen molar-refractivity contribution in [3.8, 4) is 11.1 Å². The van der Waals surface area contributed by atoms with E-state index in [1.165, 1.54) is 5.56 Å². The third-order valence-electron chi connectivity index (χ3n) is 4.70. The fourth-order valence-electron chi connectivity index (χ4n) is 3.09. The maximum atomic E-state index is 12.5. The van der Waals surface area contributed by atoms with Crippen LogP contribution in [-0.4, -0.2) is 24.8 Å². The normalized spacial score (nSPS) is 11.2. The molecule has 0 spiro atoms. The van der Waals surface area contributed by atoms with Gasteiger partial charge in [0.15, 0.2) is 0 Å². The largest absolute Gasteiger partial charge is 0.443 e. The summed E-state index contributed by atoms with van der Waals surface area (Å²) in [6.45, 7) is 5.57. The van der Waals surface area contributed by atoms with Crippen LogP contribution in [0.3, 0.4) is 0 Å². The molecule has 2 aromatic carbocycles. The molecular formula is C24H28N2O2S. The Balaban J connectivity index is 1.45. The summed E-state index contributed by atoms with van der Waals surface area (Å²) in [6.07, 6.45) is 1.30. The second-order valence-electron chi connectivity index (χ2n) is 7.57. The lowest BCUT2D eigenvalue weighted by atomic mass is 10.1. The molecule has 1 heterocycles. The van der Waals surface area contributed by atoms with Crippen LogP contribution >= 0.6 is 11.3 Å². The van der Waals surface area contributed by atoms with Crippen molar-refractivity contribution in [1.82, 2.24) is 5.32 Å². The van der Waals surface area contributed by atoms with Crippen molar-refractivity contribution < 1.29 is 9.53 Å². The summed E-state index contributed by atoms with van der Waals surface area (Å²) in [5.41, 5.74) is 3.60. The molecule has 0 aliphatic carbocycles. The van der Waals surface area contributed by atoms with Crippen LogP contribution in [0.15, 0.2) is 71.4 Å². The Morgan fingerprint density at radius 1 is 1.00 bits per heavy atom. The number of amides is 1. The fourth-order valence-corrected chi connectivity index (χ4v) is 3.75. The minimum absolute atomic E-state index is 0.429. The minimum atomic E-state index is -0.554. The molecule has 2 N–H and O–H groups in total. The highest BCUT2D eigenvalue weighted by molar-refractivity contribution is 7.08. The fraction of sp³-hybridized carbons (Fsp3) is 0.292. The summed E-state index contributed by atoms with van der Waals surface area (Å²) < 4.78 is 5.69. The molecular weight excluding hydrogens is 380 g/mol. The lowest BCUT2D eigenvalue weighted by Gasteiger charge is -2.25. The van der Waals surface area contributed by atoms with Crippen LogP contribution < -0.4 is 10.6 Å². The minimum Gasteiger partial charge on any atom is -0.443 e. The third-order valence-corrected chi connectivity index (χ3v) is 5.39. The first-order valence-corrected chi connectivity index (χ1v) is 10.8. The Morgan fingerprint density at radius 3 is 2.52 bits per heavy atom. The first-order chi connectivity index (χ1) is 14.0. The molecule has 0 aliphatic rings. The van der Waals surface area contributed by atoms with E-state index in [4.69, 9.17) is 4.74 Å². The molecule has 1 aromatic heterocycles. The number of hydrogen-bond acceptors (Lipinski definition) is 4. The molecule has 5 heteroatoms. The number of hydrogen-bond donors (Lipinski definition) is 2. The van der Waals surface area contributed by atoms with Gasteiger partial charge in [-0.25, -0.2) is 4.79 Å². The van der Waals surface area contributed by atoms with Gasteiger partial charge in [-0.15, -0.1) is 0 Å². The Hall–Kier alpha value is -2.63. The van der Waals surface area contributed by atoms with E-state index in [0.29, 0.717) is 0 Å². The van der Waals surface area contributed by atoms with Crippen molar-refractivity contribution in [3.63, 3.8) is 0 Å². The van der Waals surface area contributed by atoms with E-state index in [0.717, 1.165) is 42.7 Å². The summed E-state index contributed by atoms with van der Waals surface area (Å²) in [5, 5.41) is 10.4. The van der Waals surface area contributed by atoms with E-state index in [1.807, 2.05) is 55.6 Å². The van der Waals surface area contributed by atoms with Gasteiger partial charge in [0.2, 0.25) is 0 Å². The van der Waals surface area contributed by atoms with Gasteiger partial charge in [-0.1, -0.05) is 48.5 Å². The number of carbonyl (C=O) groups is 1. The SMILES string of the molecule is CC(C)(CCNCCc1ccccc1)OC(=O)Nc1ccccc1-c1ccsc1. The zero-order chi connectivity index (χ0) is 20.5. The third kappa shape index (κ3) is 6.73. The number of thiophene rings is 1. The van der Waals surface area contributed by atoms with E-state index in [2.05, 4.69) is 40.3 Å². The summed E-state index contributed by atoms with van der Waals surface area (Å²) >= 11 is 1.63. The molecule has 3 aromatic rings. The predicted molar refractivity (Wildman–Crippen MR) is 122 cm³/mol. The lowest BCUT2D eigenvalue weighted by Crippen LogP contribution is -2.34. The van der Waals surface area contributed by atoms with Crippen LogP contribution in [0.25, 0.3) is 11.1 Å². The zero-order valence-electron chi connectivity index (χ0n) is 17.0. The molecule has 3 rings (SSSR count). The first kappa shape index (κ1) is 21.1. The van der Waals surface area contributed by atoms with Gasteiger partial charge in [0.25, 0.3) is 0 Å². The maximum absolute atomic E-state index is 12.5. The van der Waals surface area contributed by atoms with Gasteiger partial charge < -0.3 is 10.1 Å².